The standard InChI is InChI=1S/C26H30O5/c1-15(27)30-22-21(16-7-10-20(28)29-14-16)25(3)13-11-18-19(26(25)23(22)31-26)9-8-17-6-4-5-12-24(17,18)2/h4-5,7,10-11,14,17,19,21-23H,6,8-9,12-13H2,1-3H3/t17-,19+,21-,22+,23+,24-,25+,26+/m0/s1. The molecule has 4 aliphatic carbocycles. The molecule has 0 unspecified atom stereocenters. The van der Waals surface area contributed by atoms with Crippen LogP contribution < -0.4 is 5.63 Å². The van der Waals surface area contributed by atoms with E-state index in [4.69, 9.17) is 13.9 Å². The zero-order chi connectivity index (χ0) is 21.6. The van der Waals surface area contributed by atoms with E-state index in [1.807, 2.05) is 6.07 Å². The van der Waals surface area contributed by atoms with Crippen molar-refractivity contribution in [3.8, 4) is 0 Å². The van der Waals surface area contributed by atoms with Crippen LogP contribution in [0.5, 0.6) is 0 Å². The highest BCUT2D eigenvalue weighted by Gasteiger charge is 2.83. The number of epoxide rings is 1. The summed E-state index contributed by atoms with van der Waals surface area (Å²) in [5.74, 6) is 0.696. The van der Waals surface area contributed by atoms with Crippen molar-refractivity contribution in [1.29, 1.82) is 0 Å². The maximum Gasteiger partial charge on any atom is 0.335 e. The Kier molecular flexibility index (Phi) is 3.92. The molecule has 0 aromatic carbocycles. The largest absolute Gasteiger partial charge is 0.459 e. The first-order valence-electron chi connectivity index (χ1n) is 11.6. The summed E-state index contributed by atoms with van der Waals surface area (Å²) in [5, 5.41) is 0. The third-order valence-electron chi connectivity index (χ3n) is 9.41. The minimum Gasteiger partial charge on any atom is -0.459 e. The molecule has 3 fully saturated rings. The van der Waals surface area contributed by atoms with Crippen molar-refractivity contribution in [3.63, 3.8) is 0 Å². The molecule has 0 bridgehead atoms. The molecule has 1 saturated heterocycles. The van der Waals surface area contributed by atoms with Crippen LogP contribution in [-0.4, -0.2) is 23.8 Å². The van der Waals surface area contributed by atoms with Gasteiger partial charge in [-0.05, 0) is 55.1 Å². The molecule has 5 heteroatoms. The number of ether oxygens (including phenoxy) is 2. The van der Waals surface area contributed by atoms with Crippen LogP contribution in [0.3, 0.4) is 0 Å². The summed E-state index contributed by atoms with van der Waals surface area (Å²) in [7, 11) is 0. The number of allylic oxidation sites excluding steroid dienone is 3. The van der Waals surface area contributed by atoms with Crippen molar-refractivity contribution < 1.29 is 18.7 Å². The van der Waals surface area contributed by atoms with Crippen molar-refractivity contribution in [2.45, 2.75) is 76.6 Å². The summed E-state index contributed by atoms with van der Waals surface area (Å²) in [4.78, 5) is 23.6. The zero-order valence-electron chi connectivity index (χ0n) is 18.4. The molecule has 8 atom stereocenters. The Bertz CT molecular complexity index is 1050. The van der Waals surface area contributed by atoms with E-state index >= 15 is 0 Å². The molecule has 1 aliphatic heterocycles. The fraction of sp³-hybridized carbons (Fsp3) is 0.615. The van der Waals surface area contributed by atoms with Crippen molar-refractivity contribution in [3.05, 3.63) is 58.2 Å². The third kappa shape index (κ3) is 2.36. The number of rotatable bonds is 2. The van der Waals surface area contributed by atoms with Crippen molar-refractivity contribution >= 4 is 5.97 Å². The highest BCUT2D eigenvalue weighted by molar-refractivity contribution is 5.67. The Labute approximate surface area is 182 Å². The molecule has 1 aromatic heterocycles. The first-order valence-corrected chi connectivity index (χ1v) is 11.6. The summed E-state index contributed by atoms with van der Waals surface area (Å²) >= 11 is 0. The monoisotopic (exact) mass is 422 g/mol. The van der Waals surface area contributed by atoms with Crippen LogP contribution in [0.1, 0.15) is 64.4 Å². The normalized spacial score (nSPS) is 46.8. The Hall–Kier alpha value is -2.14. The molecule has 31 heavy (non-hydrogen) atoms. The molecule has 2 saturated carbocycles. The van der Waals surface area contributed by atoms with E-state index < -0.39 is 0 Å². The van der Waals surface area contributed by atoms with E-state index in [2.05, 4.69) is 32.1 Å². The van der Waals surface area contributed by atoms with Gasteiger partial charge in [0.1, 0.15) is 17.8 Å². The van der Waals surface area contributed by atoms with Gasteiger partial charge in [0.05, 0.1) is 6.26 Å². The number of hydrogen-bond donors (Lipinski definition) is 0. The molecule has 6 rings (SSSR count). The summed E-state index contributed by atoms with van der Waals surface area (Å²) in [5.41, 5.74) is 1.77. The Balaban J connectivity index is 1.47. The highest BCUT2D eigenvalue weighted by atomic mass is 16.7. The van der Waals surface area contributed by atoms with Gasteiger partial charge < -0.3 is 13.9 Å². The van der Waals surface area contributed by atoms with Crippen molar-refractivity contribution in [1.82, 2.24) is 0 Å². The van der Waals surface area contributed by atoms with E-state index in [1.54, 1.807) is 11.8 Å². The maximum absolute atomic E-state index is 12.1. The minimum atomic E-state index is -0.366. The van der Waals surface area contributed by atoms with Gasteiger partial charge in [-0.2, -0.15) is 0 Å². The second kappa shape index (κ2) is 6.22. The number of carbonyl (C=O) groups excluding carboxylic acids is 1. The van der Waals surface area contributed by atoms with Gasteiger partial charge in [0, 0.05) is 30.2 Å². The van der Waals surface area contributed by atoms with Crippen LogP contribution >= 0.6 is 0 Å². The van der Waals surface area contributed by atoms with Crippen molar-refractivity contribution in [2.24, 2.45) is 22.7 Å². The summed E-state index contributed by atoms with van der Waals surface area (Å²) in [6, 6.07) is 3.30. The van der Waals surface area contributed by atoms with E-state index in [1.165, 1.54) is 19.4 Å². The van der Waals surface area contributed by atoms with E-state index in [0.29, 0.717) is 11.8 Å². The predicted molar refractivity (Wildman–Crippen MR) is 114 cm³/mol. The first kappa shape index (κ1) is 19.5. The van der Waals surface area contributed by atoms with Crippen LogP contribution in [0.15, 0.2) is 51.4 Å². The quantitative estimate of drug-likeness (QED) is 0.398. The maximum atomic E-state index is 12.1. The molecule has 1 spiro atoms. The molecule has 0 amide bonds. The average molecular weight is 423 g/mol. The smallest absolute Gasteiger partial charge is 0.335 e. The number of carbonyl (C=O) groups is 1. The average Bonchev–Trinajstić information content (AvgIpc) is 3.43. The molecule has 2 heterocycles. The van der Waals surface area contributed by atoms with E-state index in [0.717, 1.165) is 31.2 Å². The molecule has 0 N–H and O–H groups in total. The summed E-state index contributed by atoms with van der Waals surface area (Å²) < 4.78 is 17.7. The Morgan fingerprint density at radius 3 is 2.74 bits per heavy atom. The second-order valence-electron chi connectivity index (χ2n) is 10.7. The highest BCUT2D eigenvalue weighted by Crippen LogP contribution is 2.76. The predicted octanol–water partition coefficient (Wildman–Crippen LogP) is 4.53. The van der Waals surface area contributed by atoms with Gasteiger partial charge >= 0.3 is 11.6 Å². The van der Waals surface area contributed by atoms with E-state index in [9.17, 15) is 9.59 Å². The lowest BCUT2D eigenvalue weighted by atomic mass is 9.49. The third-order valence-corrected chi connectivity index (χ3v) is 9.41. The van der Waals surface area contributed by atoms with Gasteiger partial charge in [-0.15, -0.1) is 0 Å². The molecule has 0 radical (unpaired) electrons. The van der Waals surface area contributed by atoms with Gasteiger partial charge in [-0.1, -0.05) is 37.6 Å². The summed E-state index contributed by atoms with van der Waals surface area (Å²) in [6.45, 7) is 6.19. The lowest BCUT2D eigenvalue weighted by Crippen LogP contribution is -2.52. The van der Waals surface area contributed by atoms with Crippen molar-refractivity contribution in [2.75, 3.05) is 0 Å². The molecular formula is C26H30O5. The van der Waals surface area contributed by atoms with Gasteiger partial charge in [0.15, 0.2) is 0 Å². The lowest BCUT2D eigenvalue weighted by molar-refractivity contribution is -0.150. The Morgan fingerprint density at radius 2 is 2.00 bits per heavy atom. The number of hydrogen-bond acceptors (Lipinski definition) is 5. The number of esters is 1. The van der Waals surface area contributed by atoms with Crippen LogP contribution in [-0.2, 0) is 14.3 Å². The molecule has 5 aliphatic rings. The lowest BCUT2D eigenvalue weighted by Gasteiger charge is -2.55. The second-order valence-corrected chi connectivity index (χ2v) is 10.7. The zero-order valence-corrected chi connectivity index (χ0v) is 18.4. The Morgan fingerprint density at radius 1 is 1.16 bits per heavy atom. The van der Waals surface area contributed by atoms with Crippen LogP contribution in [0.4, 0.5) is 0 Å². The van der Waals surface area contributed by atoms with Gasteiger partial charge in [-0.3, -0.25) is 4.79 Å². The fourth-order valence-electron chi connectivity index (χ4n) is 7.99. The van der Waals surface area contributed by atoms with Gasteiger partial charge in [0.2, 0.25) is 0 Å². The van der Waals surface area contributed by atoms with Crippen LogP contribution in [0, 0.1) is 22.7 Å². The number of fused-ring (bicyclic) bond motifs is 3. The molecule has 5 nitrogen and oxygen atoms in total. The fourth-order valence-corrected chi connectivity index (χ4v) is 7.99. The first-order chi connectivity index (χ1) is 14.8. The van der Waals surface area contributed by atoms with Gasteiger partial charge in [-0.25, -0.2) is 4.79 Å². The molecule has 1 aromatic rings. The van der Waals surface area contributed by atoms with E-state index in [-0.39, 0.29) is 46.2 Å². The molecule has 164 valence electrons. The minimum absolute atomic E-state index is 0.0610. The summed E-state index contributed by atoms with van der Waals surface area (Å²) in [6.07, 6.45) is 13.7. The van der Waals surface area contributed by atoms with Crippen LogP contribution in [0.2, 0.25) is 0 Å². The molecular weight excluding hydrogens is 392 g/mol. The van der Waals surface area contributed by atoms with Gasteiger partial charge in [0.25, 0.3) is 0 Å². The van der Waals surface area contributed by atoms with Crippen LogP contribution in [0.25, 0.3) is 0 Å². The topological polar surface area (TPSA) is 69.0 Å². The SMILES string of the molecule is CC(=O)O[C@H]1[C@H]2O[C@]23[C@@H]2CC[C@@H]4CC=CC[C@]4(C)C2=CC[C@]3(C)[C@H]1c1ccc(=O)oc1.